The summed E-state index contributed by atoms with van der Waals surface area (Å²) >= 11 is 0. The summed E-state index contributed by atoms with van der Waals surface area (Å²) in [5.41, 5.74) is 1.25. The number of aryl methyl sites for hydroxylation is 1. The van der Waals surface area contributed by atoms with Gasteiger partial charge < -0.3 is 9.17 Å². The van der Waals surface area contributed by atoms with Crippen LogP contribution in [0.15, 0.2) is 18.2 Å². The second-order valence-electron chi connectivity index (χ2n) is 2.98. The van der Waals surface area contributed by atoms with Crippen LogP contribution < -0.4 is 4.18 Å². The predicted octanol–water partition coefficient (Wildman–Crippen LogP) is 1.46. The number of fused-ring (bicyclic) bond motifs is 1. The van der Waals surface area contributed by atoms with E-state index in [0.29, 0.717) is 16.9 Å². The molecular formula is C8H7FN2O3S. The molecule has 2 aromatic rings. The van der Waals surface area contributed by atoms with Crippen molar-refractivity contribution in [1.29, 1.82) is 0 Å². The van der Waals surface area contributed by atoms with Gasteiger partial charge in [-0.05, 0) is 19.1 Å². The summed E-state index contributed by atoms with van der Waals surface area (Å²) in [5, 5.41) is 0. The molecule has 15 heavy (non-hydrogen) atoms. The third kappa shape index (κ3) is 2.24. The fraction of sp³-hybridized carbons (Fsp3) is 0.125. The number of halogens is 1. The minimum Gasteiger partial charge on any atom is -0.358 e. The number of H-pyrrole nitrogens is 1. The van der Waals surface area contributed by atoms with Crippen molar-refractivity contribution < 1.29 is 16.5 Å². The maximum absolute atomic E-state index is 12.2. The predicted molar refractivity (Wildman–Crippen MR) is 51.5 cm³/mol. The Morgan fingerprint density at radius 2 is 2.20 bits per heavy atom. The first-order valence-corrected chi connectivity index (χ1v) is 5.35. The number of aromatic nitrogens is 2. The van der Waals surface area contributed by atoms with E-state index >= 15 is 0 Å². The summed E-state index contributed by atoms with van der Waals surface area (Å²) in [6.07, 6.45) is 0. The molecule has 1 aromatic carbocycles. The van der Waals surface area contributed by atoms with Crippen LogP contribution in [0.2, 0.25) is 0 Å². The lowest BCUT2D eigenvalue weighted by Gasteiger charge is -1.98. The van der Waals surface area contributed by atoms with E-state index < -0.39 is 10.5 Å². The van der Waals surface area contributed by atoms with Crippen LogP contribution in [-0.2, 0) is 10.5 Å². The van der Waals surface area contributed by atoms with Crippen LogP contribution in [-0.4, -0.2) is 18.4 Å². The van der Waals surface area contributed by atoms with E-state index in [-0.39, 0.29) is 5.75 Å². The fourth-order valence-corrected chi connectivity index (χ4v) is 1.62. The first kappa shape index (κ1) is 9.91. The third-order valence-corrected chi connectivity index (χ3v) is 2.16. The summed E-state index contributed by atoms with van der Waals surface area (Å²) in [7, 11) is -4.97. The molecule has 0 aliphatic rings. The van der Waals surface area contributed by atoms with Gasteiger partial charge in [0.25, 0.3) is 0 Å². The van der Waals surface area contributed by atoms with Gasteiger partial charge in [-0.25, -0.2) is 4.98 Å². The van der Waals surface area contributed by atoms with Gasteiger partial charge in [-0.2, -0.15) is 8.42 Å². The zero-order valence-corrected chi connectivity index (χ0v) is 8.51. The number of rotatable bonds is 2. The Hall–Kier alpha value is -1.63. The third-order valence-electron chi connectivity index (χ3n) is 1.77. The number of aromatic amines is 1. The molecule has 0 unspecified atom stereocenters. The monoisotopic (exact) mass is 230 g/mol. The summed E-state index contributed by atoms with van der Waals surface area (Å²) in [5.74, 6) is 0.596. The summed E-state index contributed by atoms with van der Waals surface area (Å²) < 4.78 is 36.7. The van der Waals surface area contributed by atoms with Crippen LogP contribution in [0.25, 0.3) is 11.0 Å². The molecule has 0 aliphatic carbocycles. The molecule has 0 atom stereocenters. The lowest BCUT2D eigenvalue weighted by atomic mass is 10.3. The van der Waals surface area contributed by atoms with Crippen LogP contribution in [0.5, 0.6) is 5.75 Å². The highest BCUT2D eigenvalue weighted by atomic mass is 32.3. The quantitative estimate of drug-likeness (QED) is 0.793. The van der Waals surface area contributed by atoms with Crippen LogP contribution in [0.1, 0.15) is 5.82 Å². The van der Waals surface area contributed by atoms with Crippen molar-refractivity contribution in [3.05, 3.63) is 24.0 Å². The van der Waals surface area contributed by atoms with Gasteiger partial charge in [-0.15, -0.1) is 0 Å². The van der Waals surface area contributed by atoms with Gasteiger partial charge in [0.2, 0.25) is 0 Å². The summed E-state index contributed by atoms with van der Waals surface area (Å²) in [6.45, 7) is 1.76. The van der Waals surface area contributed by atoms with Crippen molar-refractivity contribution >= 4 is 21.5 Å². The Labute approximate surface area is 85.3 Å². The van der Waals surface area contributed by atoms with Gasteiger partial charge >= 0.3 is 10.5 Å². The van der Waals surface area contributed by atoms with E-state index in [1.54, 1.807) is 13.0 Å². The standard InChI is InChI=1S/C8H7FN2O3S/c1-5-10-7-3-2-6(4-8(7)11-5)14-15(9,12)13/h2-4H,1H3,(H,10,11). The maximum Gasteiger partial charge on any atom is 0.488 e. The molecule has 1 N–H and O–H groups in total. The Morgan fingerprint density at radius 1 is 1.47 bits per heavy atom. The second-order valence-corrected chi connectivity index (χ2v) is 3.93. The number of benzene rings is 1. The van der Waals surface area contributed by atoms with E-state index in [4.69, 9.17) is 0 Å². The smallest absolute Gasteiger partial charge is 0.358 e. The Kier molecular flexibility index (Phi) is 2.11. The van der Waals surface area contributed by atoms with Crippen LogP contribution >= 0.6 is 0 Å². The number of nitrogens with zero attached hydrogens (tertiary/aromatic N) is 1. The Bertz CT molecular complexity index is 605. The van der Waals surface area contributed by atoms with E-state index in [1.807, 2.05) is 0 Å². The zero-order chi connectivity index (χ0) is 11.1. The summed E-state index contributed by atoms with van der Waals surface area (Å²) in [6, 6.07) is 4.24. The van der Waals surface area contributed by atoms with Gasteiger partial charge in [-0.3, -0.25) is 0 Å². The van der Waals surface area contributed by atoms with Gasteiger partial charge in [0.1, 0.15) is 11.6 Å². The number of nitrogens with one attached hydrogen (secondary N) is 1. The van der Waals surface area contributed by atoms with Gasteiger partial charge in [-0.1, -0.05) is 3.89 Å². The van der Waals surface area contributed by atoms with Crippen molar-refractivity contribution in [1.82, 2.24) is 9.97 Å². The molecule has 0 aliphatic heterocycles. The molecule has 0 radical (unpaired) electrons. The molecule has 80 valence electrons. The first-order chi connectivity index (χ1) is 6.94. The highest BCUT2D eigenvalue weighted by Crippen LogP contribution is 2.20. The molecule has 0 saturated heterocycles. The zero-order valence-electron chi connectivity index (χ0n) is 7.69. The highest BCUT2D eigenvalue weighted by Gasteiger charge is 2.10. The van der Waals surface area contributed by atoms with Crippen LogP contribution in [0.4, 0.5) is 3.89 Å². The maximum atomic E-state index is 12.2. The Balaban J connectivity index is 2.47. The van der Waals surface area contributed by atoms with Crippen molar-refractivity contribution in [2.24, 2.45) is 0 Å². The van der Waals surface area contributed by atoms with Gasteiger partial charge in [0.05, 0.1) is 11.0 Å². The average molecular weight is 230 g/mol. The van der Waals surface area contributed by atoms with Crippen molar-refractivity contribution in [2.75, 3.05) is 0 Å². The highest BCUT2D eigenvalue weighted by molar-refractivity contribution is 7.81. The molecular weight excluding hydrogens is 223 g/mol. The lowest BCUT2D eigenvalue weighted by Crippen LogP contribution is -2.00. The molecule has 0 saturated carbocycles. The fourth-order valence-electron chi connectivity index (χ4n) is 1.28. The minimum absolute atomic E-state index is 0.0892. The minimum atomic E-state index is -4.97. The van der Waals surface area contributed by atoms with E-state index in [0.717, 1.165) is 0 Å². The first-order valence-electron chi connectivity index (χ1n) is 4.04. The number of hydrogen-bond donors (Lipinski definition) is 1. The molecule has 0 bridgehead atoms. The molecule has 0 fully saturated rings. The SMILES string of the molecule is Cc1nc2ccc(OS(=O)(=O)F)cc2[nH]1. The average Bonchev–Trinajstić information content (AvgIpc) is 2.40. The van der Waals surface area contributed by atoms with Crippen molar-refractivity contribution in [3.63, 3.8) is 0 Å². The second kappa shape index (κ2) is 3.20. The van der Waals surface area contributed by atoms with E-state index in [2.05, 4.69) is 14.2 Å². The number of imidazole rings is 1. The van der Waals surface area contributed by atoms with E-state index in [9.17, 15) is 12.3 Å². The van der Waals surface area contributed by atoms with E-state index in [1.165, 1.54) is 12.1 Å². The molecule has 1 aromatic heterocycles. The largest absolute Gasteiger partial charge is 0.488 e. The van der Waals surface area contributed by atoms with Gasteiger partial charge in [0, 0.05) is 6.07 Å². The van der Waals surface area contributed by atoms with Crippen molar-refractivity contribution in [2.45, 2.75) is 6.92 Å². The molecule has 5 nitrogen and oxygen atoms in total. The van der Waals surface area contributed by atoms with Crippen LogP contribution in [0, 0.1) is 6.92 Å². The van der Waals surface area contributed by atoms with Crippen molar-refractivity contribution in [3.8, 4) is 5.75 Å². The molecule has 1 heterocycles. The van der Waals surface area contributed by atoms with Crippen LogP contribution in [0.3, 0.4) is 0 Å². The molecule has 0 spiro atoms. The summed E-state index contributed by atoms with van der Waals surface area (Å²) in [4.78, 5) is 6.97. The van der Waals surface area contributed by atoms with Gasteiger partial charge in [0.15, 0.2) is 0 Å². The number of hydrogen-bond acceptors (Lipinski definition) is 4. The Morgan fingerprint density at radius 3 is 2.87 bits per heavy atom. The topological polar surface area (TPSA) is 72.0 Å². The lowest BCUT2D eigenvalue weighted by molar-refractivity contribution is 0.440. The normalized spacial score (nSPS) is 11.9. The molecule has 0 amide bonds. The molecule has 7 heteroatoms. The molecule has 2 rings (SSSR count).